The third-order valence-electron chi connectivity index (χ3n) is 4.67. The summed E-state index contributed by atoms with van der Waals surface area (Å²) in [7, 11) is 2.25. The maximum atomic E-state index is 13.3. The van der Waals surface area contributed by atoms with Crippen molar-refractivity contribution in [3.05, 3.63) is 29.6 Å². The number of hydrogen-bond donors (Lipinski definition) is 0. The maximum absolute atomic E-state index is 13.3. The first kappa shape index (κ1) is 13.4. The summed E-state index contributed by atoms with van der Waals surface area (Å²) >= 11 is 3.48. The Morgan fingerprint density at radius 1 is 1.26 bits per heavy atom. The fraction of sp³-hybridized carbons (Fsp3) is 0.600. The molecule has 2 saturated heterocycles. The van der Waals surface area contributed by atoms with Gasteiger partial charge in [-0.05, 0) is 50.1 Å². The van der Waals surface area contributed by atoms with E-state index in [1.54, 1.807) is 12.1 Å². The number of hydrogen-bond acceptors (Lipinski definition) is 2. The van der Waals surface area contributed by atoms with E-state index in [1.165, 1.54) is 24.9 Å². The molecule has 1 aromatic rings. The lowest BCUT2D eigenvalue weighted by Crippen LogP contribution is -2.36. The van der Waals surface area contributed by atoms with Gasteiger partial charge in [-0.25, -0.2) is 4.39 Å². The topological polar surface area (TPSA) is 6.48 Å². The van der Waals surface area contributed by atoms with Crippen molar-refractivity contribution < 1.29 is 4.39 Å². The molecule has 1 aromatic carbocycles. The highest BCUT2D eigenvalue weighted by atomic mass is 79.9. The Bertz CT molecular complexity index is 465. The van der Waals surface area contributed by atoms with Crippen LogP contribution < -0.4 is 4.90 Å². The highest BCUT2D eigenvalue weighted by Crippen LogP contribution is 2.32. The zero-order valence-electron chi connectivity index (χ0n) is 11.3. The van der Waals surface area contributed by atoms with Crippen LogP contribution in [0.4, 0.5) is 10.1 Å². The number of rotatable bonds is 2. The van der Waals surface area contributed by atoms with Crippen LogP contribution >= 0.6 is 15.9 Å². The van der Waals surface area contributed by atoms with E-state index >= 15 is 0 Å². The predicted molar refractivity (Wildman–Crippen MR) is 80.4 cm³/mol. The van der Waals surface area contributed by atoms with Gasteiger partial charge in [0, 0.05) is 36.2 Å². The summed E-state index contributed by atoms with van der Waals surface area (Å²) in [6, 6.07) is 6.56. The van der Waals surface area contributed by atoms with E-state index < -0.39 is 0 Å². The van der Waals surface area contributed by atoms with Gasteiger partial charge in [-0.15, -0.1) is 0 Å². The number of nitrogens with zero attached hydrogens (tertiary/aromatic N) is 2. The first-order chi connectivity index (χ1) is 9.19. The molecule has 2 fully saturated rings. The van der Waals surface area contributed by atoms with Gasteiger partial charge in [-0.2, -0.15) is 0 Å². The van der Waals surface area contributed by atoms with Crippen molar-refractivity contribution in [2.45, 2.75) is 36.7 Å². The molecule has 0 aromatic heterocycles. The highest BCUT2D eigenvalue weighted by Gasteiger charge is 2.34. The van der Waals surface area contributed by atoms with Crippen LogP contribution in [0.25, 0.3) is 0 Å². The van der Waals surface area contributed by atoms with Crippen LogP contribution in [-0.4, -0.2) is 37.1 Å². The van der Waals surface area contributed by atoms with Crippen LogP contribution in [0, 0.1) is 5.82 Å². The second-order valence-electron chi connectivity index (χ2n) is 5.69. The zero-order chi connectivity index (χ0) is 13.4. The van der Waals surface area contributed by atoms with Crippen molar-refractivity contribution in [3.8, 4) is 0 Å². The molecule has 2 aliphatic rings. The summed E-state index contributed by atoms with van der Waals surface area (Å²) in [5.41, 5.74) is 2.25. The van der Waals surface area contributed by atoms with Crippen molar-refractivity contribution in [2.24, 2.45) is 0 Å². The van der Waals surface area contributed by atoms with E-state index in [2.05, 4.69) is 32.8 Å². The third-order valence-corrected chi connectivity index (χ3v) is 5.28. The summed E-state index contributed by atoms with van der Waals surface area (Å²) in [4.78, 5) is 4.98. The molecule has 2 bridgehead atoms. The van der Waals surface area contributed by atoms with Crippen molar-refractivity contribution in [1.29, 1.82) is 0 Å². The van der Waals surface area contributed by atoms with Crippen molar-refractivity contribution in [2.75, 3.05) is 25.0 Å². The Hall–Kier alpha value is -0.610. The molecule has 0 amide bonds. The molecule has 2 unspecified atom stereocenters. The number of fused-ring (bicyclic) bond motifs is 2. The van der Waals surface area contributed by atoms with Crippen molar-refractivity contribution >= 4 is 21.6 Å². The minimum absolute atomic E-state index is 0.147. The summed E-state index contributed by atoms with van der Waals surface area (Å²) in [5, 5.41) is 0.709. The standard InChI is InChI=1S/C15H20BrFN2/c1-18-13-3-4-14(18)10-19(7-6-13)15-5-2-12(17)8-11(15)9-16/h2,5,8,13-14H,3-4,6-7,9-10H2,1H3. The molecule has 2 heterocycles. The second kappa shape index (κ2) is 5.41. The van der Waals surface area contributed by atoms with E-state index in [0.29, 0.717) is 11.4 Å². The lowest BCUT2D eigenvalue weighted by Gasteiger charge is -2.29. The van der Waals surface area contributed by atoms with E-state index in [9.17, 15) is 4.39 Å². The largest absolute Gasteiger partial charge is 0.370 e. The van der Waals surface area contributed by atoms with Gasteiger partial charge in [0.2, 0.25) is 0 Å². The first-order valence-corrected chi connectivity index (χ1v) is 8.12. The molecule has 2 atom stereocenters. The Kier molecular flexibility index (Phi) is 3.81. The molecule has 2 aliphatic heterocycles. The molecule has 3 rings (SSSR count). The monoisotopic (exact) mass is 326 g/mol. The van der Waals surface area contributed by atoms with Crippen LogP contribution in [0.3, 0.4) is 0 Å². The number of benzene rings is 1. The number of halogens is 2. The van der Waals surface area contributed by atoms with Gasteiger partial charge in [0.1, 0.15) is 5.82 Å². The second-order valence-corrected chi connectivity index (χ2v) is 6.25. The van der Waals surface area contributed by atoms with E-state index in [-0.39, 0.29) is 5.82 Å². The quantitative estimate of drug-likeness (QED) is 0.768. The van der Waals surface area contributed by atoms with Gasteiger partial charge < -0.3 is 4.90 Å². The van der Waals surface area contributed by atoms with Gasteiger partial charge in [0.15, 0.2) is 0 Å². The Balaban J connectivity index is 1.86. The average molecular weight is 327 g/mol. The molecule has 0 radical (unpaired) electrons. The molecule has 0 aliphatic carbocycles. The highest BCUT2D eigenvalue weighted by molar-refractivity contribution is 9.08. The molecule has 19 heavy (non-hydrogen) atoms. The van der Waals surface area contributed by atoms with Gasteiger partial charge in [-0.3, -0.25) is 4.90 Å². The normalized spacial score (nSPS) is 27.6. The maximum Gasteiger partial charge on any atom is 0.123 e. The summed E-state index contributed by atoms with van der Waals surface area (Å²) in [6.45, 7) is 2.15. The number of anilines is 1. The number of alkyl halides is 1. The van der Waals surface area contributed by atoms with Gasteiger partial charge in [0.25, 0.3) is 0 Å². The fourth-order valence-corrected chi connectivity index (χ4v) is 3.95. The zero-order valence-corrected chi connectivity index (χ0v) is 12.9. The summed E-state index contributed by atoms with van der Waals surface area (Å²) < 4.78 is 13.3. The third kappa shape index (κ3) is 2.52. The SMILES string of the molecule is CN1C2CCC1CN(c1ccc(F)cc1CBr)CC2. The predicted octanol–water partition coefficient (Wildman–Crippen LogP) is 3.39. The van der Waals surface area contributed by atoms with Gasteiger partial charge in [-0.1, -0.05) is 15.9 Å². The van der Waals surface area contributed by atoms with Gasteiger partial charge >= 0.3 is 0 Å². The molecule has 0 spiro atoms. The summed E-state index contributed by atoms with van der Waals surface area (Å²) in [6.07, 6.45) is 3.85. The minimum Gasteiger partial charge on any atom is -0.370 e. The Morgan fingerprint density at radius 2 is 2.05 bits per heavy atom. The fourth-order valence-electron chi connectivity index (χ4n) is 3.50. The van der Waals surface area contributed by atoms with Crippen LogP contribution in [-0.2, 0) is 5.33 Å². The van der Waals surface area contributed by atoms with Gasteiger partial charge in [0.05, 0.1) is 0 Å². The molecule has 0 saturated carbocycles. The van der Waals surface area contributed by atoms with E-state index in [4.69, 9.17) is 0 Å². The van der Waals surface area contributed by atoms with Crippen LogP contribution in [0.5, 0.6) is 0 Å². The van der Waals surface area contributed by atoms with E-state index in [1.807, 2.05) is 6.07 Å². The van der Waals surface area contributed by atoms with Crippen LogP contribution in [0.1, 0.15) is 24.8 Å². The van der Waals surface area contributed by atoms with Crippen LogP contribution in [0.15, 0.2) is 18.2 Å². The Labute approximate surface area is 122 Å². The Morgan fingerprint density at radius 3 is 2.84 bits per heavy atom. The smallest absolute Gasteiger partial charge is 0.123 e. The molecular weight excluding hydrogens is 307 g/mol. The molecule has 2 nitrogen and oxygen atoms in total. The molecule has 104 valence electrons. The van der Waals surface area contributed by atoms with Crippen molar-refractivity contribution in [3.63, 3.8) is 0 Å². The first-order valence-electron chi connectivity index (χ1n) is 7.00. The summed E-state index contributed by atoms with van der Waals surface area (Å²) in [5.74, 6) is -0.147. The molecule has 0 N–H and O–H groups in total. The lowest BCUT2D eigenvalue weighted by molar-refractivity contribution is 0.254. The molecular formula is C15H20BrFN2. The molecule has 4 heteroatoms. The number of likely N-dealkylation sites (N-methyl/N-ethyl adjacent to an activating group) is 1. The van der Waals surface area contributed by atoms with Crippen molar-refractivity contribution in [1.82, 2.24) is 4.90 Å². The average Bonchev–Trinajstić information content (AvgIpc) is 2.64. The lowest BCUT2D eigenvalue weighted by atomic mass is 10.1. The van der Waals surface area contributed by atoms with E-state index in [0.717, 1.165) is 24.7 Å². The van der Waals surface area contributed by atoms with Crippen LogP contribution in [0.2, 0.25) is 0 Å². The minimum atomic E-state index is -0.147.